The lowest BCUT2D eigenvalue weighted by molar-refractivity contribution is -0.322. The molecule has 230 valence electrons. The van der Waals surface area contributed by atoms with Crippen molar-refractivity contribution < 1.29 is 19.7 Å². The molecule has 4 fully saturated rings. The number of benzene rings is 1. The van der Waals surface area contributed by atoms with Crippen LogP contribution in [0.2, 0.25) is 0 Å². The molecular formula is C38H49NO4. The summed E-state index contributed by atoms with van der Waals surface area (Å²) in [5.74, 6) is 0.348. The van der Waals surface area contributed by atoms with Crippen LogP contribution in [-0.2, 0) is 15.9 Å². The minimum Gasteiger partial charge on any atom is -0.390 e. The Labute approximate surface area is 257 Å². The van der Waals surface area contributed by atoms with Crippen molar-refractivity contribution in [2.24, 2.45) is 22.7 Å². The third-order valence-corrected chi connectivity index (χ3v) is 12.2. The predicted octanol–water partition coefficient (Wildman–Crippen LogP) is 7.38. The number of pyridine rings is 1. The van der Waals surface area contributed by atoms with Crippen molar-refractivity contribution in [2.75, 3.05) is 13.2 Å². The van der Waals surface area contributed by atoms with Gasteiger partial charge in [-0.3, -0.25) is 4.98 Å². The zero-order valence-corrected chi connectivity index (χ0v) is 26.4. The van der Waals surface area contributed by atoms with Gasteiger partial charge in [0, 0.05) is 42.0 Å². The Morgan fingerprint density at radius 3 is 2.44 bits per heavy atom. The molecule has 1 aromatic carbocycles. The first-order valence-corrected chi connectivity index (χ1v) is 16.5. The van der Waals surface area contributed by atoms with Crippen molar-refractivity contribution in [3.63, 3.8) is 0 Å². The first-order valence-electron chi connectivity index (χ1n) is 16.5. The lowest BCUT2D eigenvalue weighted by Gasteiger charge is -2.58. The first-order chi connectivity index (χ1) is 20.4. The van der Waals surface area contributed by atoms with Crippen LogP contribution in [0.25, 0.3) is 6.08 Å². The Kier molecular flexibility index (Phi) is 7.09. The second-order valence-corrected chi connectivity index (χ2v) is 15.7. The predicted molar refractivity (Wildman–Crippen MR) is 169 cm³/mol. The van der Waals surface area contributed by atoms with Gasteiger partial charge in [-0.05, 0) is 92.0 Å². The molecule has 0 amide bonds. The highest BCUT2D eigenvalue weighted by Crippen LogP contribution is 2.67. The van der Waals surface area contributed by atoms with E-state index in [1.54, 1.807) is 0 Å². The van der Waals surface area contributed by atoms with E-state index in [0.29, 0.717) is 31.5 Å². The van der Waals surface area contributed by atoms with E-state index in [0.717, 1.165) is 51.4 Å². The van der Waals surface area contributed by atoms with Crippen LogP contribution >= 0.6 is 0 Å². The van der Waals surface area contributed by atoms with Crippen LogP contribution in [0, 0.1) is 22.7 Å². The van der Waals surface area contributed by atoms with Gasteiger partial charge in [0.2, 0.25) is 0 Å². The molecule has 5 aliphatic rings. The maximum Gasteiger partial charge on any atom is 0.171 e. The summed E-state index contributed by atoms with van der Waals surface area (Å²) in [6.45, 7) is 10.1. The van der Waals surface area contributed by atoms with Crippen molar-refractivity contribution in [1.82, 2.24) is 4.98 Å². The van der Waals surface area contributed by atoms with Crippen LogP contribution in [0.15, 0.2) is 66.0 Å². The molecule has 0 bridgehead atoms. The Morgan fingerprint density at radius 2 is 1.72 bits per heavy atom. The quantitative estimate of drug-likeness (QED) is 0.368. The van der Waals surface area contributed by atoms with Crippen LogP contribution < -0.4 is 0 Å². The van der Waals surface area contributed by atoms with Crippen LogP contribution in [0.4, 0.5) is 0 Å². The van der Waals surface area contributed by atoms with Gasteiger partial charge in [0.05, 0.1) is 24.4 Å². The molecule has 7 rings (SSSR count). The Morgan fingerprint density at radius 1 is 0.953 bits per heavy atom. The van der Waals surface area contributed by atoms with E-state index < -0.39 is 17.0 Å². The highest BCUT2D eigenvalue weighted by molar-refractivity contribution is 5.52. The molecule has 43 heavy (non-hydrogen) atoms. The van der Waals surface area contributed by atoms with Crippen molar-refractivity contribution in [3.05, 3.63) is 82.7 Å². The van der Waals surface area contributed by atoms with Crippen LogP contribution in [0.1, 0.15) is 102 Å². The molecule has 1 saturated heterocycles. The van der Waals surface area contributed by atoms with E-state index in [9.17, 15) is 10.2 Å². The normalized spacial score (nSPS) is 38.1. The number of allylic oxidation sites excluding steroid dienone is 2. The summed E-state index contributed by atoms with van der Waals surface area (Å²) >= 11 is 0. The Bertz CT molecular complexity index is 1400. The van der Waals surface area contributed by atoms with Crippen molar-refractivity contribution >= 4 is 6.08 Å². The summed E-state index contributed by atoms with van der Waals surface area (Å²) in [6, 6.07) is 13.1. The molecule has 1 aliphatic heterocycles. The number of aliphatic hydroxyl groups is 2. The van der Waals surface area contributed by atoms with Crippen molar-refractivity contribution in [1.29, 1.82) is 0 Å². The molecule has 5 nitrogen and oxygen atoms in total. The number of rotatable bonds is 4. The van der Waals surface area contributed by atoms with Gasteiger partial charge < -0.3 is 19.7 Å². The third kappa shape index (κ3) is 5.05. The number of hydrogen-bond donors (Lipinski definition) is 2. The minimum atomic E-state index is -0.895. The van der Waals surface area contributed by atoms with Crippen LogP contribution in [0.3, 0.4) is 0 Å². The van der Waals surface area contributed by atoms with Crippen molar-refractivity contribution in [3.8, 4) is 0 Å². The van der Waals surface area contributed by atoms with E-state index in [-0.39, 0.29) is 16.7 Å². The molecule has 0 radical (unpaired) electrons. The van der Waals surface area contributed by atoms with E-state index >= 15 is 0 Å². The van der Waals surface area contributed by atoms with E-state index in [1.165, 1.54) is 27.8 Å². The van der Waals surface area contributed by atoms with Gasteiger partial charge in [0.15, 0.2) is 5.79 Å². The molecule has 4 aliphatic carbocycles. The van der Waals surface area contributed by atoms with Gasteiger partial charge in [0.1, 0.15) is 0 Å². The Hall–Kier alpha value is -2.31. The number of fused-ring (bicyclic) bond motifs is 4. The van der Waals surface area contributed by atoms with Gasteiger partial charge in [-0.15, -0.1) is 0 Å². The summed E-state index contributed by atoms with van der Waals surface area (Å²) in [5, 5.41) is 24.1. The van der Waals surface area contributed by atoms with E-state index in [1.807, 2.05) is 18.5 Å². The molecule has 1 aromatic heterocycles. The summed E-state index contributed by atoms with van der Waals surface area (Å²) in [7, 11) is 0. The monoisotopic (exact) mass is 583 g/mol. The smallest absolute Gasteiger partial charge is 0.171 e. The second-order valence-electron chi connectivity index (χ2n) is 15.7. The molecule has 5 heteroatoms. The standard InChI is InChI=1S/C38H49NO4/c1-34(2)24-42-38(43-25-34)19-16-32-33-29(14-18-37(32,41)23-38)31-15-17-36(4,40)35(31,3)21-30(33)28-12-10-26(11-13-28)7-5-8-27-9-6-20-39-22-27/h5-7,9-13,20,22,29-31,40-41H,8,14-19,21,23-25H2,1-4H3/b7-5+/t29?,30?,31?,35?,36-,37+/m0/s1. The maximum absolute atomic E-state index is 12.4. The molecule has 2 heterocycles. The minimum absolute atomic E-state index is 0.00270. The molecule has 6 atom stereocenters. The fourth-order valence-corrected chi connectivity index (χ4v) is 9.46. The molecule has 2 aromatic rings. The first kappa shape index (κ1) is 29.4. The largest absolute Gasteiger partial charge is 0.390 e. The maximum atomic E-state index is 12.4. The molecule has 2 N–H and O–H groups in total. The summed E-state index contributed by atoms with van der Waals surface area (Å²) < 4.78 is 12.8. The van der Waals surface area contributed by atoms with Gasteiger partial charge in [-0.1, -0.05) is 68.8 Å². The van der Waals surface area contributed by atoms with E-state index in [2.05, 4.69) is 75.2 Å². The average Bonchev–Trinajstić information content (AvgIpc) is 3.23. The third-order valence-electron chi connectivity index (χ3n) is 12.2. The number of ether oxygens (including phenoxy) is 2. The number of nitrogens with zero attached hydrogens (tertiary/aromatic N) is 1. The molecule has 3 saturated carbocycles. The highest BCUT2D eigenvalue weighted by Gasteiger charge is 2.63. The summed E-state index contributed by atoms with van der Waals surface area (Å²) in [5.41, 5.74) is 4.69. The number of hydrogen-bond acceptors (Lipinski definition) is 5. The van der Waals surface area contributed by atoms with E-state index in [4.69, 9.17) is 9.47 Å². The van der Waals surface area contributed by atoms with Gasteiger partial charge in [0.25, 0.3) is 0 Å². The molecular weight excluding hydrogens is 534 g/mol. The zero-order chi connectivity index (χ0) is 30.1. The van der Waals surface area contributed by atoms with Gasteiger partial charge in [-0.2, -0.15) is 0 Å². The fraction of sp³-hybridized carbons (Fsp3) is 0.605. The van der Waals surface area contributed by atoms with Gasteiger partial charge >= 0.3 is 0 Å². The highest BCUT2D eigenvalue weighted by atomic mass is 16.7. The number of aromatic nitrogens is 1. The fourth-order valence-electron chi connectivity index (χ4n) is 9.46. The SMILES string of the molecule is CC1(C)COC2(CCC3=C4C(c5ccc(/C=C/Cc6cccnc6)cc5)CC5(C)C(CC[C@]5(C)O)C4CC[C@@]3(O)C2)OC1. The van der Waals surface area contributed by atoms with Crippen molar-refractivity contribution in [2.45, 2.75) is 108 Å². The lowest BCUT2D eigenvalue weighted by atomic mass is 9.50. The van der Waals surface area contributed by atoms with Crippen LogP contribution in [-0.4, -0.2) is 45.4 Å². The summed E-state index contributed by atoms with van der Waals surface area (Å²) in [4.78, 5) is 4.22. The topological polar surface area (TPSA) is 71.8 Å². The average molecular weight is 584 g/mol. The molecule has 1 spiro atoms. The molecule has 4 unspecified atom stereocenters. The second kappa shape index (κ2) is 10.4. The zero-order valence-electron chi connectivity index (χ0n) is 26.4. The van der Waals surface area contributed by atoms with Gasteiger partial charge in [-0.25, -0.2) is 0 Å². The van der Waals surface area contributed by atoms with Crippen LogP contribution in [0.5, 0.6) is 0 Å². The lowest BCUT2D eigenvalue weighted by Crippen LogP contribution is -2.58. The Balaban J connectivity index is 1.22. The summed E-state index contributed by atoms with van der Waals surface area (Å²) in [6.07, 6.45) is 15.6.